The quantitative estimate of drug-likeness (QED) is 0.929. The van der Waals surface area contributed by atoms with Crippen LogP contribution in [0.1, 0.15) is 17.9 Å². The van der Waals surface area contributed by atoms with Crippen molar-refractivity contribution in [3.8, 4) is 0 Å². The molecule has 3 nitrogen and oxygen atoms in total. The molecule has 19 heavy (non-hydrogen) atoms. The van der Waals surface area contributed by atoms with Gasteiger partial charge in [0.2, 0.25) is 5.91 Å². The van der Waals surface area contributed by atoms with Crippen molar-refractivity contribution in [2.24, 2.45) is 5.92 Å². The Kier molecular flexibility index (Phi) is 3.22. The number of aromatic nitrogens is 1. The van der Waals surface area contributed by atoms with E-state index in [1.807, 2.05) is 18.2 Å². The molecule has 4 heteroatoms. The highest BCUT2D eigenvalue weighted by atomic mass is 35.5. The van der Waals surface area contributed by atoms with Crippen LogP contribution in [0.4, 0.5) is 5.82 Å². The number of benzene rings is 1. The zero-order valence-corrected chi connectivity index (χ0v) is 11.0. The minimum Gasteiger partial charge on any atom is -0.309 e. The van der Waals surface area contributed by atoms with Gasteiger partial charge in [0, 0.05) is 12.1 Å². The lowest BCUT2D eigenvalue weighted by Gasteiger charge is -2.05. The molecule has 1 N–H and O–H groups in total. The lowest BCUT2D eigenvalue weighted by atomic mass is 10.1. The molecule has 2 atom stereocenters. The lowest BCUT2D eigenvalue weighted by molar-refractivity contribution is -0.117. The standard InChI is InChI=1S/C15H13ClN2O/c16-13-7-4-8-17-14(13)18-15(19)12-9-11(12)10-5-2-1-3-6-10/h1-8,11-12H,9H2,(H,17,18,19)/t11-,12+/m0/s1. The largest absolute Gasteiger partial charge is 0.309 e. The molecule has 0 unspecified atom stereocenters. The van der Waals surface area contributed by atoms with Crippen molar-refractivity contribution in [3.63, 3.8) is 0 Å². The fraction of sp³-hybridized carbons (Fsp3) is 0.200. The number of nitrogens with one attached hydrogen (secondary N) is 1. The molecule has 1 aromatic heterocycles. The molecule has 1 heterocycles. The highest BCUT2D eigenvalue weighted by molar-refractivity contribution is 6.33. The first kappa shape index (κ1) is 12.2. The summed E-state index contributed by atoms with van der Waals surface area (Å²) in [7, 11) is 0. The van der Waals surface area contributed by atoms with Crippen LogP contribution < -0.4 is 5.32 Å². The van der Waals surface area contributed by atoms with Crippen LogP contribution in [-0.2, 0) is 4.79 Å². The van der Waals surface area contributed by atoms with Gasteiger partial charge in [0.15, 0.2) is 5.82 Å². The van der Waals surface area contributed by atoms with Crippen LogP contribution in [0.2, 0.25) is 5.02 Å². The number of anilines is 1. The monoisotopic (exact) mass is 272 g/mol. The number of hydrogen-bond donors (Lipinski definition) is 1. The normalized spacial score (nSPS) is 20.9. The molecule has 1 fully saturated rings. The number of rotatable bonds is 3. The number of amides is 1. The fourth-order valence-corrected chi connectivity index (χ4v) is 2.41. The predicted molar refractivity (Wildman–Crippen MR) is 75.2 cm³/mol. The van der Waals surface area contributed by atoms with Crippen LogP contribution in [0, 0.1) is 5.92 Å². The van der Waals surface area contributed by atoms with E-state index in [1.165, 1.54) is 5.56 Å². The summed E-state index contributed by atoms with van der Waals surface area (Å²) in [6, 6.07) is 13.6. The number of nitrogens with zero attached hydrogens (tertiary/aromatic N) is 1. The van der Waals surface area contributed by atoms with Crippen molar-refractivity contribution >= 4 is 23.3 Å². The van der Waals surface area contributed by atoms with E-state index >= 15 is 0 Å². The molecule has 0 aliphatic heterocycles. The van der Waals surface area contributed by atoms with Crippen LogP contribution >= 0.6 is 11.6 Å². The second-order valence-corrected chi connectivity index (χ2v) is 5.09. The molecule has 1 aliphatic carbocycles. The Bertz CT molecular complexity index is 600. The van der Waals surface area contributed by atoms with Crippen LogP contribution in [0.15, 0.2) is 48.7 Å². The highest BCUT2D eigenvalue weighted by Gasteiger charge is 2.43. The van der Waals surface area contributed by atoms with Crippen LogP contribution in [0.3, 0.4) is 0 Å². The third kappa shape index (κ3) is 2.61. The van der Waals surface area contributed by atoms with E-state index in [0.717, 1.165) is 6.42 Å². The van der Waals surface area contributed by atoms with E-state index in [-0.39, 0.29) is 11.8 Å². The summed E-state index contributed by atoms with van der Waals surface area (Å²) < 4.78 is 0. The minimum atomic E-state index is -0.00514. The van der Waals surface area contributed by atoms with Crippen molar-refractivity contribution in [1.29, 1.82) is 0 Å². The molecule has 0 radical (unpaired) electrons. The Morgan fingerprint density at radius 3 is 2.74 bits per heavy atom. The zero-order valence-electron chi connectivity index (χ0n) is 10.2. The SMILES string of the molecule is O=C(Nc1ncccc1Cl)[C@@H]1C[C@H]1c1ccccc1. The number of carbonyl (C=O) groups is 1. The van der Waals surface area contributed by atoms with Crippen molar-refractivity contribution in [3.05, 3.63) is 59.2 Å². The molecule has 96 valence electrons. The Balaban J connectivity index is 1.66. The summed E-state index contributed by atoms with van der Waals surface area (Å²) >= 11 is 5.97. The molecule has 1 aliphatic rings. The van der Waals surface area contributed by atoms with Gasteiger partial charge in [-0.2, -0.15) is 0 Å². The van der Waals surface area contributed by atoms with Crippen LogP contribution in [0.5, 0.6) is 0 Å². The van der Waals surface area contributed by atoms with E-state index < -0.39 is 0 Å². The molecular weight excluding hydrogens is 260 g/mol. The van der Waals surface area contributed by atoms with Gasteiger partial charge in [-0.1, -0.05) is 41.9 Å². The molecule has 3 rings (SSSR count). The maximum absolute atomic E-state index is 12.1. The number of halogens is 1. The van der Waals surface area contributed by atoms with Crippen LogP contribution in [0.25, 0.3) is 0 Å². The van der Waals surface area contributed by atoms with Gasteiger partial charge in [-0.25, -0.2) is 4.98 Å². The second-order valence-electron chi connectivity index (χ2n) is 4.68. The van der Waals surface area contributed by atoms with E-state index in [1.54, 1.807) is 18.3 Å². The number of pyridine rings is 1. The van der Waals surface area contributed by atoms with Gasteiger partial charge < -0.3 is 5.32 Å². The summed E-state index contributed by atoms with van der Waals surface area (Å²) in [6.07, 6.45) is 2.50. The lowest BCUT2D eigenvalue weighted by Crippen LogP contribution is -2.15. The summed E-state index contributed by atoms with van der Waals surface area (Å²) in [5.41, 5.74) is 1.22. The summed E-state index contributed by atoms with van der Waals surface area (Å²) in [5.74, 6) is 0.784. The van der Waals surface area contributed by atoms with Crippen molar-refractivity contribution in [2.45, 2.75) is 12.3 Å². The third-order valence-corrected chi connectivity index (χ3v) is 3.66. The maximum atomic E-state index is 12.1. The van der Waals surface area contributed by atoms with E-state index in [2.05, 4.69) is 22.4 Å². The van der Waals surface area contributed by atoms with Gasteiger partial charge in [0.1, 0.15) is 0 Å². The summed E-state index contributed by atoms with van der Waals surface area (Å²) in [5, 5.41) is 3.26. The predicted octanol–water partition coefficient (Wildman–Crippen LogP) is 3.48. The minimum absolute atomic E-state index is 0.00514. The molecule has 1 saturated carbocycles. The van der Waals surface area contributed by atoms with Gasteiger partial charge >= 0.3 is 0 Å². The Morgan fingerprint density at radius 1 is 1.21 bits per heavy atom. The smallest absolute Gasteiger partial charge is 0.229 e. The van der Waals surface area contributed by atoms with Crippen molar-refractivity contribution in [1.82, 2.24) is 4.98 Å². The zero-order chi connectivity index (χ0) is 13.2. The first-order valence-corrected chi connectivity index (χ1v) is 6.60. The average Bonchev–Trinajstić information content (AvgIpc) is 3.23. The Morgan fingerprint density at radius 2 is 2.00 bits per heavy atom. The molecular formula is C15H13ClN2O. The first-order chi connectivity index (χ1) is 9.25. The van der Waals surface area contributed by atoms with Gasteiger partial charge in [0.05, 0.1) is 5.02 Å². The Labute approximate surface area is 116 Å². The van der Waals surface area contributed by atoms with Crippen molar-refractivity contribution < 1.29 is 4.79 Å². The van der Waals surface area contributed by atoms with Crippen molar-refractivity contribution in [2.75, 3.05) is 5.32 Å². The first-order valence-electron chi connectivity index (χ1n) is 6.22. The molecule has 1 amide bonds. The molecule has 0 saturated heterocycles. The summed E-state index contributed by atoms with van der Waals surface area (Å²) in [6.45, 7) is 0. The van der Waals surface area contributed by atoms with Gasteiger partial charge in [-0.05, 0) is 30.0 Å². The Hall–Kier alpha value is -1.87. The van der Waals surface area contributed by atoms with E-state index in [4.69, 9.17) is 11.6 Å². The van der Waals surface area contributed by atoms with Crippen LogP contribution in [-0.4, -0.2) is 10.9 Å². The molecule has 1 aromatic carbocycles. The van der Waals surface area contributed by atoms with Gasteiger partial charge in [0.25, 0.3) is 0 Å². The molecule has 2 aromatic rings. The van der Waals surface area contributed by atoms with Gasteiger partial charge in [-0.3, -0.25) is 4.79 Å². The molecule has 0 bridgehead atoms. The third-order valence-electron chi connectivity index (χ3n) is 3.36. The highest BCUT2D eigenvalue weighted by Crippen LogP contribution is 2.47. The van der Waals surface area contributed by atoms with Gasteiger partial charge in [-0.15, -0.1) is 0 Å². The number of carbonyl (C=O) groups excluding carboxylic acids is 1. The van der Waals surface area contributed by atoms with E-state index in [9.17, 15) is 4.79 Å². The average molecular weight is 273 g/mol. The van der Waals surface area contributed by atoms with E-state index in [0.29, 0.717) is 16.8 Å². The second kappa shape index (κ2) is 5.02. The fourth-order valence-electron chi connectivity index (χ4n) is 2.24. The number of hydrogen-bond acceptors (Lipinski definition) is 2. The summed E-state index contributed by atoms with van der Waals surface area (Å²) in [4.78, 5) is 16.2. The topological polar surface area (TPSA) is 42.0 Å². The molecule has 0 spiro atoms. The maximum Gasteiger partial charge on any atom is 0.229 e.